The van der Waals surface area contributed by atoms with E-state index in [4.69, 9.17) is 0 Å². The molecular weight excluding hydrogens is 291 g/mol. The number of hydrogen-bond acceptors (Lipinski definition) is 2. The molecule has 0 heterocycles. The van der Waals surface area contributed by atoms with Crippen LogP contribution in [0.15, 0.2) is 23.2 Å². The van der Waals surface area contributed by atoms with Crippen LogP contribution >= 0.6 is 0 Å². The van der Waals surface area contributed by atoms with Gasteiger partial charge in [-0.15, -0.1) is 0 Å². The summed E-state index contributed by atoms with van der Waals surface area (Å²) in [5.41, 5.74) is 1.77. The first kappa shape index (κ1) is 19.4. The number of guanidine groups is 1. The second kappa shape index (κ2) is 11.0. The van der Waals surface area contributed by atoms with E-state index < -0.39 is 0 Å². The molecule has 5 heteroatoms. The lowest BCUT2D eigenvalue weighted by Gasteiger charge is -2.14. The van der Waals surface area contributed by atoms with Crippen molar-refractivity contribution in [2.45, 2.75) is 45.7 Å². The lowest BCUT2D eigenvalue weighted by atomic mass is 10.1. The van der Waals surface area contributed by atoms with Crippen LogP contribution in [0.25, 0.3) is 0 Å². The van der Waals surface area contributed by atoms with E-state index in [-0.39, 0.29) is 5.82 Å². The molecule has 0 atom stereocenters. The summed E-state index contributed by atoms with van der Waals surface area (Å²) in [4.78, 5) is 6.19. The minimum atomic E-state index is -0.152. The Kier molecular flexibility index (Phi) is 9.29. The molecule has 0 spiro atoms. The topological polar surface area (TPSA) is 39.7 Å². The zero-order valence-electron chi connectivity index (χ0n) is 15.0. The molecule has 23 heavy (non-hydrogen) atoms. The standard InChI is InChI=1S/C18H31FN4/c1-5-6-7-8-11-21-18(20-2)22-13-15-9-10-17(19)16(12-15)14-23(3)4/h9-10,12H,5-8,11,13-14H2,1-4H3,(H2,20,21,22). The van der Waals surface area contributed by atoms with Crippen LogP contribution in [0, 0.1) is 5.82 Å². The summed E-state index contributed by atoms with van der Waals surface area (Å²) in [6.07, 6.45) is 4.91. The molecule has 0 unspecified atom stereocenters. The smallest absolute Gasteiger partial charge is 0.191 e. The van der Waals surface area contributed by atoms with E-state index in [0.717, 1.165) is 30.1 Å². The third kappa shape index (κ3) is 7.98. The van der Waals surface area contributed by atoms with Crippen molar-refractivity contribution in [3.63, 3.8) is 0 Å². The number of halogens is 1. The number of nitrogens with zero attached hydrogens (tertiary/aromatic N) is 2. The summed E-state index contributed by atoms with van der Waals surface area (Å²) in [5.74, 6) is 0.640. The number of hydrogen-bond donors (Lipinski definition) is 2. The highest BCUT2D eigenvalue weighted by Gasteiger charge is 2.05. The maximum Gasteiger partial charge on any atom is 0.191 e. The first-order valence-electron chi connectivity index (χ1n) is 8.43. The van der Waals surface area contributed by atoms with E-state index >= 15 is 0 Å². The molecule has 0 aliphatic carbocycles. The first-order chi connectivity index (χ1) is 11.1. The van der Waals surface area contributed by atoms with E-state index in [9.17, 15) is 4.39 Å². The van der Waals surface area contributed by atoms with Gasteiger partial charge in [0.2, 0.25) is 0 Å². The fourth-order valence-corrected chi connectivity index (χ4v) is 2.36. The maximum absolute atomic E-state index is 13.8. The molecule has 0 saturated heterocycles. The average molecular weight is 322 g/mol. The van der Waals surface area contributed by atoms with Crippen molar-refractivity contribution in [2.24, 2.45) is 4.99 Å². The molecule has 0 radical (unpaired) electrons. The molecular formula is C18H31FN4. The molecule has 0 amide bonds. The highest BCUT2D eigenvalue weighted by atomic mass is 19.1. The summed E-state index contributed by atoms with van der Waals surface area (Å²) >= 11 is 0. The van der Waals surface area contributed by atoms with Crippen molar-refractivity contribution in [1.29, 1.82) is 0 Å². The quantitative estimate of drug-likeness (QED) is 0.417. The summed E-state index contributed by atoms with van der Waals surface area (Å²) in [5, 5.41) is 6.59. The zero-order valence-corrected chi connectivity index (χ0v) is 15.0. The van der Waals surface area contributed by atoms with Gasteiger partial charge in [-0.1, -0.05) is 32.3 Å². The van der Waals surface area contributed by atoms with Gasteiger partial charge in [0.05, 0.1) is 0 Å². The Balaban J connectivity index is 2.46. The molecule has 0 aliphatic heterocycles. The summed E-state index contributed by atoms with van der Waals surface area (Å²) in [6, 6.07) is 5.27. The Hall–Kier alpha value is -1.62. The van der Waals surface area contributed by atoms with Gasteiger partial charge in [-0.05, 0) is 38.2 Å². The molecule has 0 fully saturated rings. The lowest BCUT2D eigenvalue weighted by molar-refractivity contribution is 0.392. The Bertz CT molecular complexity index is 486. The van der Waals surface area contributed by atoms with Gasteiger partial charge in [0.1, 0.15) is 5.82 Å². The Morgan fingerprint density at radius 1 is 1.17 bits per heavy atom. The number of rotatable bonds is 9. The van der Waals surface area contributed by atoms with Crippen LogP contribution in [-0.2, 0) is 13.1 Å². The monoisotopic (exact) mass is 322 g/mol. The average Bonchev–Trinajstić information content (AvgIpc) is 2.52. The largest absolute Gasteiger partial charge is 0.356 e. The first-order valence-corrected chi connectivity index (χ1v) is 8.43. The fourth-order valence-electron chi connectivity index (χ4n) is 2.36. The van der Waals surface area contributed by atoms with Crippen molar-refractivity contribution < 1.29 is 4.39 Å². The number of aliphatic imine (C=N–C) groups is 1. The zero-order chi connectivity index (χ0) is 17.1. The molecule has 1 aromatic carbocycles. The summed E-state index contributed by atoms with van der Waals surface area (Å²) in [7, 11) is 5.65. The van der Waals surface area contributed by atoms with Crippen LogP contribution in [-0.4, -0.2) is 38.5 Å². The van der Waals surface area contributed by atoms with Crippen molar-refractivity contribution in [3.05, 3.63) is 35.1 Å². The van der Waals surface area contributed by atoms with Crippen molar-refractivity contribution in [1.82, 2.24) is 15.5 Å². The lowest BCUT2D eigenvalue weighted by Crippen LogP contribution is -2.37. The molecule has 130 valence electrons. The van der Waals surface area contributed by atoms with Crippen LogP contribution in [0.3, 0.4) is 0 Å². The van der Waals surface area contributed by atoms with Crippen molar-refractivity contribution >= 4 is 5.96 Å². The molecule has 2 N–H and O–H groups in total. The van der Waals surface area contributed by atoms with Gasteiger partial charge in [0.15, 0.2) is 5.96 Å². The molecule has 1 rings (SSSR count). The van der Waals surface area contributed by atoms with Gasteiger partial charge in [-0.3, -0.25) is 4.99 Å². The van der Waals surface area contributed by atoms with Crippen LogP contribution in [0.1, 0.15) is 43.7 Å². The second-order valence-corrected chi connectivity index (χ2v) is 6.08. The number of nitrogens with one attached hydrogen (secondary N) is 2. The molecule has 0 saturated carbocycles. The Morgan fingerprint density at radius 3 is 2.61 bits per heavy atom. The van der Waals surface area contributed by atoms with Crippen LogP contribution in [0.2, 0.25) is 0 Å². The van der Waals surface area contributed by atoms with E-state index in [1.54, 1.807) is 7.05 Å². The van der Waals surface area contributed by atoms with Gasteiger partial charge >= 0.3 is 0 Å². The van der Waals surface area contributed by atoms with Crippen molar-refractivity contribution in [2.75, 3.05) is 27.7 Å². The van der Waals surface area contributed by atoms with E-state index in [0.29, 0.717) is 13.1 Å². The molecule has 0 bridgehead atoms. The van der Waals surface area contributed by atoms with Crippen LogP contribution in [0.4, 0.5) is 4.39 Å². The number of unbranched alkanes of at least 4 members (excludes halogenated alkanes) is 3. The van der Waals surface area contributed by atoms with Gasteiger partial charge in [-0.2, -0.15) is 0 Å². The predicted molar refractivity (Wildman–Crippen MR) is 96.1 cm³/mol. The van der Waals surface area contributed by atoms with Crippen LogP contribution in [0.5, 0.6) is 0 Å². The highest BCUT2D eigenvalue weighted by molar-refractivity contribution is 5.79. The van der Waals surface area contributed by atoms with Gasteiger partial charge in [0.25, 0.3) is 0 Å². The third-order valence-electron chi connectivity index (χ3n) is 3.60. The molecule has 1 aromatic rings. The predicted octanol–water partition coefficient (Wildman–Crippen LogP) is 3.13. The fraction of sp³-hybridized carbons (Fsp3) is 0.611. The van der Waals surface area contributed by atoms with Gasteiger partial charge < -0.3 is 15.5 Å². The number of benzene rings is 1. The van der Waals surface area contributed by atoms with Crippen LogP contribution < -0.4 is 10.6 Å². The van der Waals surface area contributed by atoms with E-state index in [2.05, 4.69) is 22.5 Å². The summed E-state index contributed by atoms with van der Waals surface area (Å²) < 4.78 is 13.8. The van der Waals surface area contributed by atoms with E-state index in [1.165, 1.54) is 25.3 Å². The Morgan fingerprint density at radius 2 is 1.96 bits per heavy atom. The van der Waals surface area contributed by atoms with Gasteiger partial charge in [-0.25, -0.2) is 4.39 Å². The SMILES string of the molecule is CCCCCCNC(=NC)NCc1ccc(F)c(CN(C)C)c1. The maximum atomic E-state index is 13.8. The molecule has 4 nitrogen and oxygen atoms in total. The Labute approximate surface area is 140 Å². The minimum absolute atomic E-state index is 0.152. The van der Waals surface area contributed by atoms with Crippen molar-refractivity contribution in [3.8, 4) is 0 Å². The third-order valence-corrected chi connectivity index (χ3v) is 3.60. The normalized spacial score (nSPS) is 11.8. The molecule has 0 aliphatic rings. The minimum Gasteiger partial charge on any atom is -0.356 e. The summed E-state index contributed by atoms with van der Waals surface area (Å²) in [6.45, 7) is 4.37. The van der Waals surface area contributed by atoms with E-state index in [1.807, 2.05) is 31.1 Å². The molecule has 0 aromatic heterocycles. The van der Waals surface area contributed by atoms with Gasteiger partial charge in [0, 0.05) is 32.2 Å². The highest BCUT2D eigenvalue weighted by Crippen LogP contribution is 2.12. The second-order valence-electron chi connectivity index (χ2n) is 6.08.